The van der Waals surface area contributed by atoms with Crippen LogP contribution in [0.3, 0.4) is 0 Å². The molecular formula is C29H41N7O8. The Morgan fingerprint density at radius 1 is 0.818 bits per heavy atom. The van der Waals surface area contributed by atoms with Crippen molar-refractivity contribution >= 4 is 35.6 Å². The number of hydrogen-bond donors (Lipinski definition) is 8. The Morgan fingerprint density at radius 2 is 1.43 bits per heavy atom. The third kappa shape index (κ3) is 12.2. The van der Waals surface area contributed by atoms with Crippen molar-refractivity contribution in [2.45, 2.75) is 83.1 Å². The SMILES string of the molecule is CC(C)C[C@H](N)C(=O)N[C@@H](CCC(=O)O)C(=O)N[C@@H](Cc1cnc[nH]1)C(=O)N[C@@H](C)C(=O)N[C@@H](Cc1ccccc1)C(=O)O. The van der Waals surface area contributed by atoms with Gasteiger partial charge in [0.1, 0.15) is 24.2 Å². The van der Waals surface area contributed by atoms with Crippen LogP contribution in [0.4, 0.5) is 0 Å². The second-order valence-electron chi connectivity index (χ2n) is 10.9. The number of carboxylic acid groups (broad SMARTS) is 2. The molecule has 1 aromatic carbocycles. The number of imidazole rings is 1. The van der Waals surface area contributed by atoms with E-state index in [2.05, 4.69) is 31.2 Å². The molecule has 0 unspecified atom stereocenters. The Labute approximate surface area is 254 Å². The number of nitrogens with zero attached hydrogens (tertiary/aromatic N) is 1. The van der Waals surface area contributed by atoms with Gasteiger partial charge in [-0.15, -0.1) is 0 Å². The Morgan fingerprint density at radius 3 is 2.00 bits per heavy atom. The minimum atomic E-state index is -1.32. The lowest BCUT2D eigenvalue weighted by molar-refractivity contribution is -0.142. The van der Waals surface area contributed by atoms with Gasteiger partial charge in [0, 0.05) is 31.2 Å². The van der Waals surface area contributed by atoms with Crippen LogP contribution < -0.4 is 27.0 Å². The smallest absolute Gasteiger partial charge is 0.326 e. The van der Waals surface area contributed by atoms with Gasteiger partial charge in [-0.2, -0.15) is 0 Å². The van der Waals surface area contributed by atoms with Gasteiger partial charge in [-0.3, -0.25) is 24.0 Å². The number of benzene rings is 1. The maximum absolute atomic E-state index is 13.3. The van der Waals surface area contributed by atoms with E-state index in [0.717, 1.165) is 0 Å². The first-order chi connectivity index (χ1) is 20.8. The maximum Gasteiger partial charge on any atom is 0.326 e. The number of carbonyl (C=O) groups excluding carboxylic acids is 4. The molecule has 4 amide bonds. The van der Waals surface area contributed by atoms with Gasteiger partial charge in [0.15, 0.2) is 0 Å². The first kappa shape index (κ1) is 35.4. The van der Waals surface area contributed by atoms with Crippen molar-refractivity contribution in [2.75, 3.05) is 0 Å². The summed E-state index contributed by atoms with van der Waals surface area (Å²) in [6.07, 6.45) is 2.34. The molecule has 15 nitrogen and oxygen atoms in total. The summed E-state index contributed by atoms with van der Waals surface area (Å²) in [4.78, 5) is 81.8. The van der Waals surface area contributed by atoms with Crippen molar-refractivity contribution < 1.29 is 39.0 Å². The van der Waals surface area contributed by atoms with E-state index in [1.807, 2.05) is 13.8 Å². The Hall–Kier alpha value is -4.79. The molecule has 2 aromatic rings. The van der Waals surface area contributed by atoms with Gasteiger partial charge >= 0.3 is 11.9 Å². The molecule has 0 aliphatic carbocycles. The van der Waals surface area contributed by atoms with Gasteiger partial charge < -0.3 is 42.2 Å². The van der Waals surface area contributed by atoms with Crippen molar-refractivity contribution in [3.8, 4) is 0 Å². The average Bonchev–Trinajstić information content (AvgIpc) is 3.47. The number of nitrogens with two attached hydrogens (primary N) is 1. The zero-order valence-electron chi connectivity index (χ0n) is 24.9. The highest BCUT2D eigenvalue weighted by molar-refractivity contribution is 5.95. The van der Waals surface area contributed by atoms with Gasteiger partial charge in [-0.1, -0.05) is 44.2 Å². The number of aromatic nitrogens is 2. The summed E-state index contributed by atoms with van der Waals surface area (Å²) in [5.41, 5.74) is 7.08. The fraction of sp³-hybridized carbons (Fsp3) is 0.483. The van der Waals surface area contributed by atoms with E-state index in [0.29, 0.717) is 17.7 Å². The highest BCUT2D eigenvalue weighted by atomic mass is 16.4. The summed E-state index contributed by atoms with van der Waals surface area (Å²) < 4.78 is 0. The van der Waals surface area contributed by atoms with Crippen LogP contribution in [0.25, 0.3) is 0 Å². The van der Waals surface area contributed by atoms with Crippen LogP contribution in [0.1, 0.15) is 51.3 Å². The number of H-pyrrole nitrogens is 1. The highest BCUT2D eigenvalue weighted by Crippen LogP contribution is 2.08. The molecule has 5 atom stereocenters. The van der Waals surface area contributed by atoms with Crippen LogP contribution in [-0.2, 0) is 41.6 Å². The molecule has 1 heterocycles. The monoisotopic (exact) mass is 615 g/mol. The van der Waals surface area contributed by atoms with E-state index >= 15 is 0 Å². The molecule has 0 bridgehead atoms. The third-order valence-electron chi connectivity index (χ3n) is 6.60. The highest BCUT2D eigenvalue weighted by Gasteiger charge is 2.31. The average molecular weight is 616 g/mol. The topological polar surface area (TPSA) is 246 Å². The van der Waals surface area contributed by atoms with Crippen molar-refractivity contribution in [1.29, 1.82) is 0 Å². The molecule has 0 spiro atoms. The summed E-state index contributed by atoms with van der Waals surface area (Å²) in [6.45, 7) is 5.09. The lowest BCUT2D eigenvalue weighted by atomic mass is 10.0. The van der Waals surface area contributed by atoms with Crippen LogP contribution in [0, 0.1) is 5.92 Å². The van der Waals surface area contributed by atoms with Crippen molar-refractivity contribution in [3.63, 3.8) is 0 Å². The Kier molecular flexibility index (Phi) is 14.0. The molecule has 1 aromatic heterocycles. The first-order valence-corrected chi connectivity index (χ1v) is 14.2. The molecule has 9 N–H and O–H groups in total. The second-order valence-corrected chi connectivity index (χ2v) is 10.9. The number of carboxylic acids is 2. The predicted molar refractivity (Wildman–Crippen MR) is 158 cm³/mol. The number of hydrogen-bond acceptors (Lipinski definition) is 8. The lowest BCUT2D eigenvalue weighted by Gasteiger charge is -2.25. The molecular weight excluding hydrogens is 574 g/mol. The number of nitrogens with one attached hydrogen (secondary N) is 5. The molecule has 15 heteroatoms. The molecule has 44 heavy (non-hydrogen) atoms. The molecule has 0 radical (unpaired) electrons. The maximum atomic E-state index is 13.3. The quantitative estimate of drug-likeness (QED) is 0.107. The van der Waals surface area contributed by atoms with Crippen LogP contribution in [0.15, 0.2) is 42.9 Å². The van der Waals surface area contributed by atoms with Crippen LogP contribution in [0.2, 0.25) is 0 Å². The van der Waals surface area contributed by atoms with Gasteiger partial charge in [0.25, 0.3) is 0 Å². The third-order valence-corrected chi connectivity index (χ3v) is 6.60. The summed E-state index contributed by atoms with van der Waals surface area (Å²) in [6, 6.07) is 2.71. The van der Waals surface area contributed by atoms with Crippen molar-refractivity contribution in [3.05, 3.63) is 54.1 Å². The molecule has 0 saturated heterocycles. The summed E-state index contributed by atoms with van der Waals surface area (Å²) in [5.74, 6) is -5.39. The lowest BCUT2D eigenvalue weighted by Crippen LogP contribution is -2.58. The van der Waals surface area contributed by atoms with E-state index in [1.165, 1.54) is 19.4 Å². The number of rotatable bonds is 18. The Balaban J connectivity index is 2.16. The fourth-order valence-corrected chi connectivity index (χ4v) is 4.25. The fourth-order valence-electron chi connectivity index (χ4n) is 4.25. The molecule has 0 aliphatic heterocycles. The van der Waals surface area contributed by atoms with E-state index in [9.17, 15) is 33.9 Å². The zero-order chi connectivity index (χ0) is 32.8. The van der Waals surface area contributed by atoms with Gasteiger partial charge in [-0.25, -0.2) is 9.78 Å². The van der Waals surface area contributed by atoms with Crippen LogP contribution >= 0.6 is 0 Å². The van der Waals surface area contributed by atoms with Crippen LogP contribution in [0.5, 0.6) is 0 Å². The van der Waals surface area contributed by atoms with Gasteiger partial charge in [0.05, 0.1) is 12.4 Å². The number of aromatic amines is 1. The minimum absolute atomic E-state index is 0.0192. The standard InChI is InChI=1S/C29H41N7O8/c1-16(2)11-20(30)26(40)34-21(9-10-24(37)38)27(41)35-22(13-19-14-31-15-32-19)28(42)33-17(3)25(39)36-23(29(43)44)12-18-7-5-4-6-8-18/h4-8,14-17,20-23H,9-13,30H2,1-3H3,(H,31,32)(H,33,42)(H,34,40)(H,35,41)(H,36,39)(H,37,38)(H,43,44)/t17-,20-,21-,22-,23-/m0/s1. The Bertz CT molecular complexity index is 1270. The summed E-state index contributed by atoms with van der Waals surface area (Å²) >= 11 is 0. The second kappa shape index (κ2) is 17.4. The largest absolute Gasteiger partial charge is 0.481 e. The van der Waals surface area contributed by atoms with E-state index in [-0.39, 0.29) is 25.2 Å². The van der Waals surface area contributed by atoms with E-state index < -0.39 is 72.2 Å². The van der Waals surface area contributed by atoms with E-state index in [4.69, 9.17) is 10.8 Å². The summed E-state index contributed by atoms with van der Waals surface area (Å²) in [7, 11) is 0. The predicted octanol–water partition coefficient (Wildman–Crippen LogP) is -0.523. The number of amides is 4. The minimum Gasteiger partial charge on any atom is -0.481 e. The molecule has 2 rings (SSSR count). The van der Waals surface area contributed by atoms with Crippen LogP contribution in [-0.4, -0.2) is 86.0 Å². The molecule has 0 aliphatic rings. The molecule has 0 fully saturated rings. The normalized spacial score (nSPS) is 14.4. The van der Waals surface area contributed by atoms with Crippen molar-refractivity contribution in [1.82, 2.24) is 31.2 Å². The molecule has 240 valence electrons. The number of carbonyl (C=O) groups is 6. The molecule has 0 saturated carbocycles. The first-order valence-electron chi connectivity index (χ1n) is 14.2. The van der Waals surface area contributed by atoms with Gasteiger partial charge in [-0.05, 0) is 31.2 Å². The number of aliphatic carboxylic acids is 2. The van der Waals surface area contributed by atoms with E-state index in [1.54, 1.807) is 30.3 Å². The zero-order valence-corrected chi connectivity index (χ0v) is 24.9. The van der Waals surface area contributed by atoms with Gasteiger partial charge in [0.2, 0.25) is 23.6 Å². The summed E-state index contributed by atoms with van der Waals surface area (Å²) in [5, 5.41) is 28.7. The van der Waals surface area contributed by atoms with Crippen molar-refractivity contribution in [2.24, 2.45) is 11.7 Å².